The smallest absolute Gasteiger partial charge is 0.238 e. The van der Waals surface area contributed by atoms with Crippen molar-refractivity contribution in [3.63, 3.8) is 0 Å². The zero-order valence-corrected chi connectivity index (χ0v) is 20.2. The number of aliphatic hydroxyl groups excluding tert-OH is 1. The summed E-state index contributed by atoms with van der Waals surface area (Å²) in [5.74, 6) is -0.507. The molecule has 190 valence electrons. The third-order valence-corrected chi connectivity index (χ3v) is 6.68. The van der Waals surface area contributed by atoms with E-state index in [1.165, 1.54) is 13.0 Å². The SMILES string of the molecule is CC(=O)NC[C@H]1CN(c2ccc(N3CCON(CCN4CCN(C)CC4)CC3)c(F)c2)C(O)O1. The van der Waals surface area contributed by atoms with Crippen LogP contribution < -0.4 is 15.1 Å². The van der Waals surface area contributed by atoms with Gasteiger partial charge in [0.25, 0.3) is 0 Å². The summed E-state index contributed by atoms with van der Waals surface area (Å²) in [6.07, 6.45) is -1.54. The number of aliphatic hydroxyl groups is 1. The number of anilines is 2. The minimum atomic E-state index is -1.18. The predicted molar refractivity (Wildman–Crippen MR) is 127 cm³/mol. The number of likely N-dealkylation sites (N-methyl/N-ethyl adjacent to an activating group) is 1. The van der Waals surface area contributed by atoms with Gasteiger partial charge in [-0.2, -0.15) is 5.06 Å². The molecular formula is C23H37FN6O4. The molecular weight excluding hydrogens is 443 g/mol. The van der Waals surface area contributed by atoms with E-state index in [0.29, 0.717) is 50.7 Å². The fourth-order valence-electron chi connectivity index (χ4n) is 4.56. The number of amides is 1. The third-order valence-electron chi connectivity index (χ3n) is 6.68. The molecule has 1 aromatic carbocycles. The predicted octanol–water partition coefficient (Wildman–Crippen LogP) is -0.256. The molecule has 0 radical (unpaired) electrons. The molecule has 1 amide bonds. The van der Waals surface area contributed by atoms with E-state index in [9.17, 15) is 9.90 Å². The minimum absolute atomic E-state index is 0.161. The molecule has 1 unspecified atom stereocenters. The van der Waals surface area contributed by atoms with Crippen molar-refractivity contribution in [2.24, 2.45) is 0 Å². The number of hydrogen-bond acceptors (Lipinski definition) is 9. The number of halogens is 1. The van der Waals surface area contributed by atoms with Gasteiger partial charge in [-0.15, -0.1) is 0 Å². The Kier molecular flexibility index (Phi) is 8.56. The Balaban J connectivity index is 1.29. The van der Waals surface area contributed by atoms with Crippen molar-refractivity contribution in [2.75, 3.05) is 95.4 Å². The Morgan fingerprint density at radius 2 is 1.94 bits per heavy atom. The molecule has 0 spiro atoms. The molecule has 0 bridgehead atoms. The van der Waals surface area contributed by atoms with Gasteiger partial charge in [0.1, 0.15) is 5.82 Å². The average molecular weight is 481 g/mol. The van der Waals surface area contributed by atoms with Gasteiger partial charge in [-0.3, -0.25) is 14.5 Å². The van der Waals surface area contributed by atoms with Crippen LogP contribution in [0.4, 0.5) is 15.8 Å². The number of rotatable bonds is 7. The van der Waals surface area contributed by atoms with Crippen LogP contribution in [0.1, 0.15) is 6.92 Å². The summed E-state index contributed by atoms with van der Waals surface area (Å²) < 4.78 is 20.6. The van der Waals surface area contributed by atoms with Gasteiger partial charge in [0.2, 0.25) is 12.3 Å². The van der Waals surface area contributed by atoms with Crippen LogP contribution in [-0.4, -0.2) is 124 Å². The second kappa shape index (κ2) is 11.6. The van der Waals surface area contributed by atoms with Gasteiger partial charge in [0, 0.05) is 78.1 Å². The third kappa shape index (κ3) is 6.55. The molecule has 3 saturated heterocycles. The van der Waals surface area contributed by atoms with Crippen molar-refractivity contribution in [3.8, 4) is 0 Å². The van der Waals surface area contributed by atoms with Gasteiger partial charge in [-0.25, -0.2) is 4.39 Å². The van der Waals surface area contributed by atoms with E-state index < -0.39 is 6.41 Å². The molecule has 34 heavy (non-hydrogen) atoms. The van der Waals surface area contributed by atoms with Gasteiger partial charge >= 0.3 is 0 Å². The first-order valence-corrected chi connectivity index (χ1v) is 12.1. The lowest BCUT2D eigenvalue weighted by Crippen LogP contribution is -2.47. The molecule has 11 heteroatoms. The highest BCUT2D eigenvalue weighted by atomic mass is 19.1. The second-order valence-electron chi connectivity index (χ2n) is 9.20. The maximum Gasteiger partial charge on any atom is 0.238 e. The fourth-order valence-corrected chi connectivity index (χ4v) is 4.56. The minimum Gasteiger partial charge on any atom is -0.365 e. The van der Waals surface area contributed by atoms with Crippen LogP contribution in [0.2, 0.25) is 0 Å². The average Bonchev–Trinajstić information content (AvgIpc) is 3.03. The fraction of sp³-hybridized carbons (Fsp3) is 0.696. The summed E-state index contributed by atoms with van der Waals surface area (Å²) in [4.78, 5) is 25.4. The second-order valence-corrected chi connectivity index (χ2v) is 9.20. The summed E-state index contributed by atoms with van der Waals surface area (Å²) in [6, 6.07) is 4.97. The van der Waals surface area contributed by atoms with Gasteiger partial charge < -0.3 is 29.9 Å². The van der Waals surface area contributed by atoms with Gasteiger partial charge in [0.05, 0.1) is 24.9 Å². The van der Waals surface area contributed by atoms with E-state index in [1.807, 2.05) is 9.96 Å². The molecule has 3 aliphatic heterocycles. The quantitative estimate of drug-likeness (QED) is 0.549. The van der Waals surface area contributed by atoms with Crippen LogP contribution >= 0.6 is 0 Å². The Bertz CT molecular complexity index is 825. The lowest BCUT2D eigenvalue weighted by atomic mass is 10.2. The van der Waals surface area contributed by atoms with E-state index in [4.69, 9.17) is 9.57 Å². The topological polar surface area (TPSA) is 84.0 Å². The normalized spacial score (nSPS) is 25.5. The van der Waals surface area contributed by atoms with Crippen molar-refractivity contribution in [1.29, 1.82) is 0 Å². The number of hydroxylamine groups is 2. The molecule has 3 fully saturated rings. The largest absolute Gasteiger partial charge is 0.365 e. The van der Waals surface area contributed by atoms with E-state index in [0.717, 1.165) is 39.3 Å². The van der Waals surface area contributed by atoms with E-state index in [1.54, 1.807) is 17.0 Å². The molecule has 3 heterocycles. The summed E-state index contributed by atoms with van der Waals surface area (Å²) in [7, 11) is 2.15. The number of nitrogens with one attached hydrogen (secondary N) is 1. The summed E-state index contributed by atoms with van der Waals surface area (Å²) in [6.45, 7) is 10.7. The Morgan fingerprint density at radius 1 is 1.15 bits per heavy atom. The van der Waals surface area contributed by atoms with Crippen molar-refractivity contribution in [2.45, 2.75) is 19.4 Å². The number of benzene rings is 1. The molecule has 2 atom stereocenters. The molecule has 1 aromatic rings. The van der Waals surface area contributed by atoms with Crippen LogP contribution in [0, 0.1) is 5.82 Å². The van der Waals surface area contributed by atoms with Crippen LogP contribution in [0.5, 0.6) is 0 Å². The summed E-state index contributed by atoms with van der Waals surface area (Å²) in [5.41, 5.74) is 1.07. The lowest BCUT2D eigenvalue weighted by molar-refractivity contribution is -0.150. The van der Waals surface area contributed by atoms with E-state index in [-0.39, 0.29) is 17.8 Å². The Morgan fingerprint density at radius 3 is 2.68 bits per heavy atom. The number of ether oxygens (including phenoxy) is 1. The summed E-state index contributed by atoms with van der Waals surface area (Å²) >= 11 is 0. The van der Waals surface area contributed by atoms with Gasteiger partial charge in [0.15, 0.2) is 0 Å². The Labute approximate surface area is 200 Å². The first-order valence-electron chi connectivity index (χ1n) is 12.1. The molecule has 10 nitrogen and oxygen atoms in total. The molecule has 4 rings (SSSR count). The van der Waals surface area contributed by atoms with Crippen LogP contribution in [0.25, 0.3) is 0 Å². The molecule has 0 saturated carbocycles. The molecule has 0 aliphatic carbocycles. The van der Waals surface area contributed by atoms with E-state index in [2.05, 4.69) is 22.2 Å². The van der Waals surface area contributed by atoms with Gasteiger partial charge in [-0.1, -0.05) is 0 Å². The number of carbonyl (C=O) groups excluding carboxylic acids is 1. The monoisotopic (exact) mass is 480 g/mol. The maximum atomic E-state index is 15.1. The standard InChI is InChI=1S/C23H37FN6O4/c1-18(31)25-16-20-17-30(23(32)34-20)19-3-4-22(21(24)15-19)28-10-12-29(33-14-13-28)11-9-27-7-5-26(2)6-8-27/h3-4,15,20,23,32H,5-14,16-17H2,1-2H3,(H,25,31)/t20-,23?/m0/s1. The zero-order chi connectivity index (χ0) is 24.1. The van der Waals surface area contributed by atoms with Crippen LogP contribution in [0.15, 0.2) is 18.2 Å². The molecule has 2 N–H and O–H groups in total. The lowest BCUT2D eigenvalue weighted by Gasteiger charge is -2.33. The highest BCUT2D eigenvalue weighted by Crippen LogP contribution is 2.29. The Hall–Kier alpha value is -2.02. The number of hydrogen-bond donors (Lipinski definition) is 2. The number of nitrogens with zero attached hydrogens (tertiary/aromatic N) is 5. The summed E-state index contributed by atoms with van der Waals surface area (Å²) in [5, 5.41) is 14.9. The van der Waals surface area contributed by atoms with Crippen molar-refractivity contribution in [1.82, 2.24) is 20.2 Å². The number of piperazine rings is 1. The highest BCUT2D eigenvalue weighted by Gasteiger charge is 2.32. The highest BCUT2D eigenvalue weighted by molar-refractivity contribution is 5.72. The molecule has 0 aromatic heterocycles. The van der Waals surface area contributed by atoms with Gasteiger partial charge in [-0.05, 0) is 25.2 Å². The van der Waals surface area contributed by atoms with Crippen LogP contribution in [0.3, 0.4) is 0 Å². The van der Waals surface area contributed by atoms with Crippen molar-refractivity contribution < 1.29 is 23.9 Å². The van der Waals surface area contributed by atoms with Crippen molar-refractivity contribution in [3.05, 3.63) is 24.0 Å². The molecule has 3 aliphatic rings. The van der Waals surface area contributed by atoms with Crippen molar-refractivity contribution >= 4 is 17.3 Å². The number of carbonyl (C=O) groups is 1. The zero-order valence-electron chi connectivity index (χ0n) is 20.2. The first kappa shape index (κ1) is 25.1. The van der Waals surface area contributed by atoms with E-state index >= 15 is 4.39 Å². The first-order chi connectivity index (χ1) is 16.4. The maximum absolute atomic E-state index is 15.1. The van der Waals surface area contributed by atoms with Crippen LogP contribution in [-0.2, 0) is 14.4 Å².